The van der Waals surface area contributed by atoms with Gasteiger partial charge in [0.25, 0.3) is 0 Å². The molecule has 2 aliphatic rings. The van der Waals surface area contributed by atoms with Crippen LogP contribution in [0.3, 0.4) is 0 Å². The third-order valence-electron chi connectivity index (χ3n) is 8.01. The van der Waals surface area contributed by atoms with Gasteiger partial charge in [-0.15, -0.1) is 0 Å². The summed E-state index contributed by atoms with van der Waals surface area (Å²) < 4.78 is 48.7. The number of likely N-dealkylation sites (tertiary alicyclic amines) is 1. The first kappa shape index (κ1) is 29.7. The van der Waals surface area contributed by atoms with Crippen molar-refractivity contribution in [3.05, 3.63) is 35.1 Å². The second-order valence-electron chi connectivity index (χ2n) is 10.7. The fraction of sp³-hybridized carbons (Fsp3) is 0.750. The molecular weight excluding hydrogens is 483 g/mol. The molecule has 0 radical (unpaired) electrons. The second-order valence-corrected chi connectivity index (χ2v) is 10.7. The normalized spacial score (nSPS) is 21.1. The summed E-state index contributed by atoms with van der Waals surface area (Å²) in [6, 6.07) is 1.16. The maximum Gasteiger partial charge on any atom is 0.317 e. The van der Waals surface area contributed by atoms with E-state index in [-0.39, 0.29) is 30.6 Å². The van der Waals surface area contributed by atoms with Crippen LogP contribution in [0.2, 0.25) is 0 Å². The fourth-order valence-electron chi connectivity index (χ4n) is 6.08. The Kier molecular flexibility index (Phi) is 11.5. The summed E-state index contributed by atoms with van der Waals surface area (Å²) in [7, 11) is 1.86. The van der Waals surface area contributed by atoms with Crippen LogP contribution < -0.4 is 10.6 Å². The molecule has 210 valence electrons. The number of carbonyl (C=O) groups excluding carboxylic acids is 1. The number of amides is 2. The summed E-state index contributed by atoms with van der Waals surface area (Å²) in [4.78, 5) is 14.9. The summed E-state index contributed by atoms with van der Waals surface area (Å²) >= 11 is 0. The van der Waals surface area contributed by atoms with Crippen molar-refractivity contribution >= 4 is 6.03 Å². The van der Waals surface area contributed by atoms with E-state index in [1.165, 1.54) is 25.7 Å². The Morgan fingerprint density at radius 2 is 1.95 bits per heavy atom. The van der Waals surface area contributed by atoms with Crippen molar-refractivity contribution in [2.24, 2.45) is 11.8 Å². The van der Waals surface area contributed by atoms with Gasteiger partial charge < -0.3 is 25.4 Å². The van der Waals surface area contributed by atoms with Crippen LogP contribution in [0.4, 0.5) is 18.0 Å². The number of nitrogens with one attached hydrogen (secondary N) is 2. The highest BCUT2D eigenvalue weighted by Crippen LogP contribution is 2.41. The van der Waals surface area contributed by atoms with Crippen molar-refractivity contribution < 1.29 is 27.8 Å². The van der Waals surface area contributed by atoms with Gasteiger partial charge in [-0.05, 0) is 64.5 Å². The molecule has 1 aliphatic carbocycles. The van der Waals surface area contributed by atoms with E-state index in [1.54, 1.807) is 4.90 Å². The highest BCUT2D eigenvalue weighted by molar-refractivity contribution is 5.74. The van der Waals surface area contributed by atoms with Crippen LogP contribution in [-0.2, 0) is 10.3 Å². The minimum atomic E-state index is -1.81. The summed E-state index contributed by atoms with van der Waals surface area (Å²) in [5.41, 5.74) is -2.19. The molecule has 9 heteroatoms. The van der Waals surface area contributed by atoms with Crippen LogP contribution in [0.1, 0.15) is 76.7 Å². The number of halogens is 3. The van der Waals surface area contributed by atoms with Crippen molar-refractivity contribution in [1.29, 1.82) is 0 Å². The fourth-order valence-corrected chi connectivity index (χ4v) is 6.08. The van der Waals surface area contributed by atoms with Gasteiger partial charge >= 0.3 is 6.03 Å². The van der Waals surface area contributed by atoms with Gasteiger partial charge in [0.1, 0.15) is 5.82 Å². The van der Waals surface area contributed by atoms with Crippen molar-refractivity contribution in [2.45, 2.75) is 82.8 Å². The molecule has 1 heterocycles. The third-order valence-corrected chi connectivity index (χ3v) is 8.01. The number of nitrogens with zero attached hydrogens (tertiary/aromatic N) is 1. The molecule has 3 N–H and O–H groups in total. The zero-order chi connectivity index (χ0) is 26.8. The molecule has 1 aliphatic heterocycles. The average Bonchev–Trinajstić information content (AvgIpc) is 3.39. The molecule has 2 fully saturated rings. The Hall–Kier alpha value is -1.84. The van der Waals surface area contributed by atoms with Crippen LogP contribution in [0.25, 0.3) is 0 Å². The van der Waals surface area contributed by atoms with Gasteiger partial charge in [0.15, 0.2) is 11.6 Å². The first-order valence-electron chi connectivity index (χ1n) is 13.9. The SMILES string of the molecule is CCOCCCCC(O)(c1cc(F)cc(F)c1F)C1CCCN(C(=O)NC(CNC)CC2CCCC2)C1. The monoisotopic (exact) mass is 527 g/mol. The molecule has 1 aromatic carbocycles. The van der Waals surface area contributed by atoms with Gasteiger partial charge in [0.05, 0.1) is 5.60 Å². The number of piperidine rings is 1. The predicted octanol–water partition coefficient (Wildman–Crippen LogP) is 5.09. The lowest BCUT2D eigenvalue weighted by Crippen LogP contribution is -2.54. The molecule has 3 rings (SSSR count). The standard InChI is InChI=1S/C28H44F3N3O3/c1-3-37-14-7-6-12-28(36,24-16-22(29)17-25(30)26(24)31)21-11-8-13-34(19-21)27(35)33-23(18-32-2)15-20-9-4-5-10-20/h16-17,20-21,23,32,36H,3-15,18-19H2,1-2H3,(H,33,35). The summed E-state index contributed by atoms with van der Waals surface area (Å²) in [5.74, 6) is -3.45. The van der Waals surface area contributed by atoms with Gasteiger partial charge in [0, 0.05) is 56.4 Å². The van der Waals surface area contributed by atoms with Gasteiger partial charge in [-0.2, -0.15) is 0 Å². The van der Waals surface area contributed by atoms with Crippen molar-refractivity contribution in [2.75, 3.05) is 39.9 Å². The van der Waals surface area contributed by atoms with Gasteiger partial charge in [-0.25, -0.2) is 18.0 Å². The van der Waals surface area contributed by atoms with Crippen LogP contribution in [0, 0.1) is 29.3 Å². The van der Waals surface area contributed by atoms with Crippen LogP contribution in [0.5, 0.6) is 0 Å². The maximum atomic E-state index is 14.9. The second kappa shape index (κ2) is 14.4. The predicted molar refractivity (Wildman–Crippen MR) is 138 cm³/mol. The van der Waals surface area contributed by atoms with Crippen molar-refractivity contribution in [1.82, 2.24) is 15.5 Å². The number of rotatable bonds is 13. The molecule has 37 heavy (non-hydrogen) atoms. The summed E-state index contributed by atoms with van der Waals surface area (Å²) in [6.07, 6.45) is 8.12. The Morgan fingerprint density at radius 1 is 1.19 bits per heavy atom. The van der Waals surface area contributed by atoms with E-state index >= 15 is 0 Å². The minimum absolute atomic E-state index is 0.00631. The molecule has 1 saturated carbocycles. The van der Waals surface area contributed by atoms with E-state index in [2.05, 4.69) is 10.6 Å². The summed E-state index contributed by atoms with van der Waals surface area (Å²) in [5, 5.41) is 18.2. The van der Waals surface area contributed by atoms with E-state index in [9.17, 15) is 23.1 Å². The molecule has 1 aromatic rings. The minimum Gasteiger partial charge on any atom is -0.385 e. The number of urea groups is 1. The lowest BCUT2D eigenvalue weighted by atomic mass is 9.74. The van der Waals surface area contributed by atoms with Gasteiger partial charge in [-0.3, -0.25) is 0 Å². The quantitative estimate of drug-likeness (QED) is 0.247. The molecule has 3 unspecified atom stereocenters. The summed E-state index contributed by atoms with van der Waals surface area (Å²) in [6.45, 7) is 4.30. The van der Waals surface area contributed by atoms with Crippen LogP contribution in [0.15, 0.2) is 12.1 Å². The average molecular weight is 528 g/mol. The number of likely N-dealkylation sites (N-methyl/N-ethyl adjacent to an activating group) is 1. The van der Waals surface area contributed by atoms with Gasteiger partial charge in [-0.1, -0.05) is 25.7 Å². The maximum absolute atomic E-state index is 14.9. The Labute approximate surface area is 219 Å². The smallest absolute Gasteiger partial charge is 0.317 e. The topological polar surface area (TPSA) is 73.8 Å². The number of unbranched alkanes of at least 4 members (excludes halogenated alkanes) is 1. The Bertz CT molecular complexity index is 869. The molecule has 2 amide bonds. The van der Waals surface area contributed by atoms with E-state index in [0.29, 0.717) is 64.0 Å². The molecule has 6 nitrogen and oxygen atoms in total. The molecule has 3 atom stereocenters. The van der Waals surface area contributed by atoms with E-state index in [1.807, 2.05) is 14.0 Å². The zero-order valence-electron chi connectivity index (χ0n) is 22.3. The molecule has 0 bridgehead atoms. The van der Waals surface area contributed by atoms with E-state index in [0.717, 1.165) is 12.5 Å². The zero-order valence-corrected chi connectivity index (χ0v) is 22.3. The highest BCUT2D eigenvalue weighted by Gasteiger charge is 2.43. The Balaban J connectivity index is 1.75. The van der Waals surface area contributed by atoms with Crippen molar-refractivity contribution in [3.8, 4) is 0 Å². The first-order chi connectivity index (χ1) is 17.8. The van der Waals surface area contributed by atoms with Crippen molar-refractivity contribution in [3.63, 3.8) is 0 Å². The van der Waals surface area contributed by atoms with E-state index < -0.39 is 29.0 Å². The number of hydrogen-bond acceptors (Lipinski definition) is 4. The number of ether oxygens (including phenoxy) is 1. The van der Waals surface area contributed by atoms with E-state index in [4.69, 9.17) is 4.74 Å². The lowest BCUT2D eigenvalue weighted by molar-refractivity contribution is -0.0595. The molecule has 0 spiro atoms. The number of aliphatic hydroxyl groups is 1. The number of carbonyl (C=O) groups is 1. The third kappa shape index (κ3) is 8.07. The largest absolute Gasteiger partial charge is 0.385 e. The van der Waals surface area contributed by atoms with Crippen LogP contribution in [-0.4, -0.2) is 62.0 Å². The highest BCUT2D eigenvalue weighted by atomic mass is 19.2. The van der Waals surface area contributed by atoms with Crippen LogP contribution >= 0.6 is 0 Å². The first-order valence-corrected chi connectivity index (χ1v) is 13.9. The lowest BCUT2D eigenvalue weighted by Gasteiger charge is -2.43. The van der Waals surface area contributed by atoms with Gasteiger partial charge in [0.2, 0.25) is 0 Å². The number of benzene rings is 1. The molecule has 1 saturated heterocycles. The number of hydrogen-bond donors (Lipinski definition) is 3. The molecular formula is C28H44F3N3O3. The Morgan fingerprint density at radius 3 is 2.65 bits per heavy atom. The molecule has 0 aromatic heterocycles.